The van der Waals surface area contributed by atoms with Crippen LogP contribution >= 0.6 is 0 Å². The standard InChI is InChI=1S/C28H25N3/c1-19-16-22-10-4-7-13-29(22)26(19)25(27-20(2)17-23-11-5-8-14-30(23)27)28-21(3)18-24-12-6-9-15-31(24)28/h4-18,25H,1-3H3. The predicted molar refractivity (Wildman–Crippen MR) is 127 cm³/mol. The highest BCUT2D eigenvalue weighted by molar-refractivity contribution is 5.63. The average molecular weight is 404 g/mol. The minimum atomic E-state index is 0.0969. The Hall–Kier alpha value is -3.72. The molecule has 0 spiro atoms. The first kappa shape index (κ1) is 18.1. The van der Waals surface area contributed by atoms with Gasteiger partial charge in [-0.15, -0.1) is 0 Å². The molecule has 0 bridgehead atoms. The molecule has 0 N–H and O–H groups in total. The Balaban J connectivity index is 1.78. The lowest BCUT2D eigenvalue weighted by Gasteiger charge is -2.22. The van der Waals surface area contributed by atoms with Crippen LogP contribution in [-0.4, -0.2) is 13.2 Å². The summed E-state index contributed by atoms with van der Waals surface area (Å²) in [7, 11) is 0. The SMILES string of the molecule is Cc1cc2ccccn2c1C(c1c(C)cc2ccccn12)c1c(C)cc2ccccn12. The summed E-state index contributed by atoms with van der Waals surface area (Å²) in [5.74, 6) is 0.0969. The van der Waals surface area contributed by atoms with E-state index in [1.807, 2.05) is 0 Å². The molecule has 3 nitrogen and oxygen atoms in total. The highest BCUT2D eigenvalue weighted by Gasteiger charge is 2.30. The van der Waals surface area contributed by atoms with E-state index in [0.29, 0.717) is 0 Å². The first-order valence-electron chi connectivity index (χ1n) is 10.8. The van der Waals surface area contributed by atoms with Crippen molar-refractivity contribution in [2.45, 2.75) is 26.7 Å². The predicted octanol–water partition coefficient (Wildman–Crippen LogP) is 6.55. The summed E-state index contributed by atoms with van der Waals surface area (Å²) >= 11 is 0. The van der Waals surface area contributed by atoms with Gasteiger partial charge in [0.15, 0.2) is 0 Å². The molecule has 0 aromatic carbocycles. The van der Waals surface area contributed by atoms with Crippen LogP contribution in [0, 0.1) is 20.8 Å². The van der Waals surface area contributed by atoms with Gasteiger partial charge in [0.1, 0.15) is 0 Å². The number of rotatable bonds is 3. The minimum absolute atomic E-state index is 0.0969. The van der Waals surface area contributed by atoms with Crippen LogP contribution in [0.3, 0.4) is 0 Å². The van der Waals surface area contributed by atoms with Crippen molar-refractivity contribution in [1.82, 2.24) is 13.2 Å². The lowest BCUT2D eigenvalue weighted by atomic mass is 9.90. The van der Waals surface area contributed by atoms with Gasteiger partial charge >= 0.3 is 0 Å². The van der Waals surface area contributed by atoms with E-state index < -0.39 is 0 Å². The van der Waals surface area contributed by atoms with Gasteiger partial charge in [0.25, 0.3) is 0 Å². The molecule has 0 aliphatic heterocycles. The summed E-state index contributed by atoms with van der Waals surface area (Å²) in [4.78, 5) is 0. The summed E-state index contributed by atoms with van der Waals surface area (Å²) in [6.45, 7) is 6.72. The third-order valence-electron chi connectivity index (χ3n) is 6.58. The topological polar surface area (TPSA) is 13.2 Å². The van der Waals surface area contributed by atoms with E-state index in [2.05, 4.69) is 125 Å². The Labute approximate surface area is 181 Å². The molecule has 152 valence electrons. The lowest BCUT2D eigenvalue weighted by molar-refractivity contribution is 0.787. The second-order valence-electron chi connectivity index (χ2n) is 8.56. The van der Waals surface area contributed by atoms with Crippen molar-refractivity contribution in [2.24, 2.45) is 0 Å². The minimum Gasteiger partial charge on any atom is -0.320 e. The van der Waals surface area contributed by atoms with Crippen molar-refractivity contribution < 1.29 is 0 Å². The first-order valence-corrected chi connectivity index (χ1v) is 10.8. The van der Waals surface area contributed by atoms with Gasteiger partial charge < -0.3 is 13.2 Å². The van der Waals surface area contributed by atoms with Crippen LogP contribution in [0.1, 0.15) is 39.7 Å². The van der Waals surface area contributed by atoms with E-state index in [-0.39, 0.29) is 5.92 Å². The monoisotopic (exact) mass is 403 g/mol. The smallest absolute Gasteiger partial charge is 0.0816 e. The maximum Gasteiger partial charge on any atom is 0.0816 e. The van der Waals surface area contributed by atoms with Crippen molar-refractivity contribution in [3.63, 3.8) is 0 Å². The number of hydrogen-bond acceptors (Lipinski definition) is 0. The average Bonchev–Trinajstić information content (AvgIpc) is 3.39. The third kappa shape index (κ3) is 2.59. The zero-order valence-electron chi connectivity index (χ0n) is 18.1. The summed E-state index contributed by atoms with van der Waals surface area (Å²) in [5.41, 5.74) is 11.6. The molecule has 0 aliphatic rings. The van der Waals surface area contributed by atoms with Crippen molar-refractivity contribution in [2.75, 3.05) is 0 Å². The maximum absolute atomic E-state index is 2.36. The summed E-state index contributed by atoms with van der Waals surface area (Å²) in [5, 5.41) is 0. The maximum atomic E-state index is 2.36. The number of nitrogens with zero attached hydrogens (tertiary/aromatic N) is 3. The molecule has 0 saturated carbocycles. The summed E-state index contributed by atoms with van der Waals surface area (Å²) in [6, 6.07) is 26.2. The zero-order valence-corrected chi connectivity index (χ0v) is 18.1. The molecule has 6 heterocycles. The largest absolute Gasteiger partial charge is 0.320 e. The number of fused-ring (bicyclic) bond motifs is 3. The van der Waals surface area contributed by atoms with Crippen molar-refractivity contribution in [1.29, 1.82) is 0 Å². The van der Waals surface area contributed by atoms with Crippen LogP contribution in [0.25, 0.3) is 16.6 Å². The van der Waals surface area contributed by atoms with Gasteiger partial charge in [-0.25, -0.2) is 0 Å². The van der Waals surface area contributed by atoms with E-state index in [0.717, 1.165) is 0 Å². The quantitative estimate of drug-likeness (QED) is 0.318. The Morgan fingerprint density at radius 3 is 1.13 bits per heavy atom. The second kappa shape index (κ2) is 6.64. The van der Waals surface area contributed by atoms with Crippen LogP contribution < -0.4 is 0 Å². The fourth-order valence-corrected chi connectivity index (χ4v) is 5.33. The van der Waals surface area contributed by atoms with Crippen LogP contribution in [0.4, 0.5) is 0 Å². The highest BCUT2D eigenvalue weighted by Crippen LogP contribution is 2.40. The molecule has 0 radical (unpaired) electrons. The van der Waals surface area contributed by atoms with E-state index in [4.69, 9.17) is 0 Å². The molecular formula is C28H25N3. The van der Waals surface area contributed by atoms with Gasteiger partial charge in [-0.2, -0.15) is 0 Å². The van der Waals surface area contributed by atoms with Crippen molar-refractivity contribution in [3.05, 3.63) is 125 Å². The molecule has 6 aromatic heterocycles. The molecular weight excluding hydrogens is 378 g/mol. The van der Waals surface area contributed by atoms with Gasteiger partial charge in [0.05, 0.1) is 5.92 Å². The normalized spacial score (nSPS) is 12.0. The number of hydrogen-bond donors (Lipinski definition) is 0. The number of aryl methyl sites for hydroxylation is 3. The molecule has 6 rings (SSSR count). The van der Waals surface area contributed by atoms with Crippen molar-refractivity contribution >= 4 is 16.6 Å². The Bertz CT molecular complexity index is 1380. The molecule has 0 atom stereocenters. The fraction of sp³-hybridized carbons (Fsp3) is 0.143. The van der Waals surface area contributed by atoms with Gasteiger partial charge in [-0.1, -0.05) is 18.2 Å². The molecule has 0 unspecified atom stereocenters. The van der Waals surface area contributed by atoms with E-state index >= 15 is 0 Å². The number of aromatic nitrogens is 3. The Morgan fingerprint density at radius 1 is 0.484 bits per heavy atom. The summed E-state index contributed by atoms with van der Waals surface area (Å²) in [6.07, 6.45) is 6.59. The zero-order chi connectivity index (χ0) is 21.1. The van der Waals surface area contributed by atoms with Gasteiger partial charge in [0.2, 0.25) is 0 Å². The van der Waals surface area contributed by atoms with E-state index in [1.54, 1.807) is 0 Å². The second-order valence-corrected chi connectivity index (χ2v) is 8.56. The van der Waals surface area contributed by atoms with Crippen LogP contribution in [0.2, 0.25) is 0 Å². The first-order chi connectivity index (χ1) is 15.1. The molecule has 6 aromatic rings. The molecule has 0 aliphatic carbocycles. The highest BCUT2D eigenvalue weighted by atomic mass is 15.0. The molecule has 3 heteroatoms. The Morgan fingerprint density at radius 2 is 0.806 bits per heavy atom. The Kier molecular flexibility index (Phi) is 3.87. The van der Waals surface area contributed by atoms with Crippen LogP contribution in [0.5, 0.6) is 0 Å². The molecule has 31 heavy (non-hydrogen) atoms. The molecule has 0 saturated heterocycles. The van der Waals surface area contributed by atoms with E-state index in [9.17, 15) is 0 Å². The third-order valence-corrected chi connectivity index (χ3v) is 6.58. The van der Waals surface area contributed by atoms with Gasteiger partial charge in [0, 0.05) is 52.2 Å². The fourth-order valence-electron chi connectivity index (χ4n) is 5.33. The van der Waals surface area contributed by atoms with Crippen LogP contribution in [0.15, 0.2) is 91.4 Å². The molecule has 0 amide bonds. The van der Waals surface area contributed by atoms with Crippen LogP contribution in [-0.2, 0) is 0 Å². The lowest BCUT2D eigenvalue weighted by Crippen LogP contribution is -2.14. The van der Waals surface area contributed by atoms with Gasteiger partial charge in [-0.05, 0) is 92.1 Å². The molecule has 0 fully saturated rings. The van der Waals surface area contributed by atoms with Gasteiger partial charge in [-0.3, -0.25) is 0 Å². The van der Waals surface area contributed by atoms with E-state index in [1.165, 1.54) is 50.3 Å². The van der Waals surface area contributed by atoms with Crippen molar-refractivity contribution in [3.8, 4) is 0 Å². The number of pyridine rings is 3. The summed E-state index contributed by atoms with van der Waals surface area (Å²) < 4.78 is 7.09.